The van der Waals surface area contributed by atoms with Crippen molar-refractivity contribution < 1.29 is 19.8 Å². The highest BCUT2D eigenvalue weighted by atomic mass is 16.7. The fourth-order valence-electron chi connectivity index (χ4n) is 2.23. The minimum atomic E-state index is -0.648. The van der Waals surface area contributed by atoms with Gasteiger partial charge in [0, 0.05) is 6.54 Å². The molecule has 2 amide bonds. The molecule has 2 bridgehead atoms. The molecule has 2 aliphatic rings. The third-order valence-electron chi connectivity index (χ3n) is 3.06. The van der Waals surface area contributed by atoms with Crippen LogP contribution in [0.25, 0.3) is 0 Å². The summed E-state index contributed by atoms with van der Waals surface area (Å²) in [5, 5.41) is 20.2. The third kappa shape index (κ3) is 1.68. The number of urea groups is 1. The van der Waals surface area contributed by atoms with Gasteiger partial charge in [-0.25, -0.2) is 4.79 Å². The fraction of sp³-hybridized carbons (Fsp3) is 0.700. The van der Waals surface area contributed by atoms with Crippen molar-refractivity contribution in [2.24, 2.45) is 0 Å². The molecule has 3 atom stereocenters. The predicted octanol–water partition coefficient (Wildman–Crippen LogP) is -0.664. The van der Waals surface area contributed by atoms with Gasteiger partial charge in [-0.05, 0) is 6.42 Å². The zero-order chi connectivity index (χ0) is 11.7. The maximum Gasteiger partial charge on any atom is 0.344 e. The average Bonchev–Trinajstić information content (AvgIpc) is 2.57. The summed E-state index contributed by atoms with van der Waals surface area (Å²) >= 11 is 0. The van der Waals surface area contributed by atoms with Crippen LogP contribution in [-0.4, -0.2) is 64.2 Å². The topological polar surface area (TPSA) is 73.2 Å². The zero-order valence-corrected chi connectivity index (χ0v) is 8.95. The van der Waals surface area contributed by atoms with Crippen LogP contribution in [0.1, 0.15) is 6.42 Å². The number of carbonyl (C=O) groups is 1. The first kappa shape index (κ1) is 11.4. The standard InChI is InChI=1S/C10H16N2O4/c1-2-3-16-12-8-5-11(10(12)15)7(6-13)4-9(8)14/h2,7-9,13-14H,1,3-6H2/t7-,8-,9-/m0/s1. The molecule has 0 saturated carbocycles. The van der Waals surface area contributed by atoms with E-state index in [9.17, 15) is 9.90 Å². The molecule has 0 aromatic carbocycles. The Hall–Kier alpha value is -1.11. The molecule has 2 heterocycles. The molecule has 0 aromatic rings. The summed E-state index contributed by atoms with van der Waals surface area (Å²) in [5.74, 6) is 0. The molecule has 2 fully saturated rings. The number of rotatable bonds is 4. The quantitative estimate of drug-likeness (QED) is 0.626. The summed E-state index contributed by atoms with van der Waals surface area (Å²) < 4.78 is 0. The van der Waals surface area contributed by atoms with Gasteiger partial charge in [0.1, 0.15) is 6.04 Å². The number of carbonyl (C=O) groups excluding carboxylic acids is 1. The Labute approximate surface area is 93.7 Å². The highest BCUT2D eigenvalue weighted by Gasteiger charge is 2.49. The van der Waals surface area contributed by atoms with Gasteiger partial charge in [-0.15, -0.1) is 6.58 Å². The molecule has 90 valence electrons. The number of hydrogen-bond acceptors (Lipinski definition) is 4. The van der Waals surface area contributed by atoms with Crippen LogP contribution in [0.4, 0.5) is 4.79 Å². The largest absolute Gasteiger partial charge is 0.394 e. The summed E-state index contributed by atoms with van der Waals surface area (Å²) in [7, 11) is 0. The van der Waals surface area contributed by atoms with Gasteiger partial charge in [-0.2, -0.15) is 5.06 Å². The molecule has 2 rings (SSSR count). The summed E-state index contributed by atoms with van der Waals surface area (Å²) in [6.45, 7) is 4.00. The van der Waals surface area contributed by atoms with Crippen LogP contribution in [0.3, 0.4) is 0 Å². The minimum absolute atomic E-state index is 0.134. The van der Waals surface area contributed by atoms with Crippen LogP contribution < -0.4 is 0 Å². The van der Waals surface area contributed by atoms with E-state index in [1.165, 1.54) is 5.06 Å². The maximum atomic E-state index is 11.9. The number of aliphatic hydroxyl groups is 2. The second-order valence-corrected chi connectivity index (χ2v) is 4.05. The van der Waals surface area contributed by atoms with Crippen LogP contribution in [0.15, 0.2) is 12.7 Å². The van der Waals surface area contributed by atoms with Gasteiger partial charge in [0.25, 0.3) is 0 Å². The number of amides is 2. The van der Waals surface area contributed by atoms with Crippen molar-refractivity contribution in [2.75, 3.05) is 19.8 Å². The smallest absolute Gasteiger partial charge is 0.344 e. The molecule has 6 heteroatoms. The predicted molar refractivity (Wildman–Crippen MR) is 55.4 cm³/mol. The van der Waals surface area contributed by atoms with Gasteiger partial charge in [0.2, 0.25) is 0 Å². The second kappa shape index (κ2) is 4.40. The SMILES string of the molecule is C=CCON1C(=O)N2C[C@H]1[C@@H](O)C[C@H]2CO. The van der Waals surface area contributed by atoms with E-state index in [0.717, 1.165) is 0 Å². The Morgan fingerprint density at radius 3 is 3.00 bits per heavy atom. The monoisotopic (exact) mass is 228 g/mol. The summed E-state index contributed by atoms with van der Waals surface area (Å²) in [6, 6.07) is -0.936. The molecule has 2 saturated heterocycles. The number of aliphatic hydroxyl groups excluding tert-OH is 2. The minimum Gasteiger partial charge on any atom is -0.394 e. The van der Waals surface area contributed by atoms with Crippen LogP contribution in [0.2, 0.25) is 0 Å². The molecule has 6 nitrogen and oxygen atoms in total. The Morgan fingerprint density at radius 1 is 1.62 bits per heavy atom. The lowest BCUT2D eigenvalue weighted by atomic mass is 9.98. The van der Waals surface area contributed by atoms with E-state index in [2.05, 4.69) is 6.58 Å². The van der Waals surface area contributed by atoms with E-state index < -0.39 is 6.10 Å². The van der Waals surface area contributed by atoms with Crippen molar-refractivity contribution in [1.29, 1.82) is 0 Å². The summed E-state index contributed by atoms with van der Waals surface area (Å²) in [4.78, 5) is 18.6. The number of hydrogen-bond donors (Lipinski definition) is 2. The van der Waals surface area contributed by atoms with E-state index in [1.54, 1.807) is 11.0 Å². The maximum absolute atomic E-state index is 11.9. The van der Waals surface area contributed by atoms with Crippen molar-refractivity contribution >= 4 is 6.03 Å². The van der Waals surface area contributed by atoms with Gasteiger partial charge in [-0.1, -0.05) is 6.08 Å². The van der Waals surface area contributed by atoms with Crippen molar-refractivity contribution in [3.8, 4) is 0 Å². The average molecular weight is 228 g/mol. The van der Waals surface area contributed by atoms with E-state index in [1.807, 2.05) is 0 Å². The lowest BCUT2D eigenvalue weighted by Gasteiger charge is -2.32. The van der Waals surface area contributed by atoms with Crippen LogP contribution >= 0.6 is 0 Å². The molecular weight excluding hydrogens is 212 g/mol. The fourth-order valence-corrected chi connectivity index (χ4v) is 2.23. The Morgan fingerprint density at radius 2 is 2.38 bits per heavy atom. The van der Waals surface area contributed by atoms with Crippen LogP contribution in [0, 0.1) is 0 Å². The summed E-state index contributed by atoms with van der Waals surface area (Å²) in [5.41, 5.74) is 0. The normalized spacial score (nSPS) is 33.4. The summed E-state index contributed by atoms with van der Waals surface area (Å²) in [6.07, 6.45) is 1.28. The molecule has 16 heavy (non-hydrogen) atoms. The van der Waals surface area contributed by atoms with E-state index in [4.69, 9.17) is 9.94 Å². The van der Waals surface area contributed by atoms with E-state index in [-0.39, 0.29) is 31.3 Å². The van der Waals surface area contributed by atoms with E-state index in [0.29, 0.717) is 13.0 Å². The molecule has 0 spiro atoms. The Balaban J connectivity index is 2.12. The molecule has 2 aliphatic heterocycles. The zero-order valence-electron chi connectivity index (χ0n) is 8.95. The van der Waals surface area contributed by atoms with Gasteiger partial charge < -0.3 is 15.1 Å². The number of hydroxylamine groups is 2. The molecular formula is C10H16N2O4. The van der Waals surface area contributed by atoms with Gasteiger partial charge >= 0.3 is 6.03 Å². The lowest BCUT2D eigenvalue weighted by molar-refractivity contribution is -0.140. The third-order valence-corrected chi connectivity index (χ3v) is 3.06. The van der Waals surface area contributed by atoms with Crippen molar-refractivity contribution in [1.82, 2.24) is 9.96 Å². The lowest BCUT2D eigenvalue weighted by Crippen LogP contribution is -2.48. The Kier molecular flexibility index (Phi) is 3.13. The first-order valence-electron chi connectivity index (χ1n) is 5.31. The first-order chi connectivity index (χ1) is 7.69. The van der Waals surface area contributed by atoms with Crippen LogP contribution in [-0.2, 0) is 4.84 Å². The highest BCUT2D eigenvalue weighted by molar-refractivity contribution is 5.77. The van der Waals surface area contributed by atoms with E-state index >= 15 is 0 Å². The van der Waals surface area contributed by atoms with Crippen molar-refractivity contribution in [3.05, 3.63) is 12.7 Å². The van der Waals surface area contributed by atoms with Gasteiger partial charge in [0.05, 0.1) is 25.4 Å². The molecule has 0 aromatic heterocycles. The molecule has 0 aliphatic carbocycles. The van der Waals surface area contributed by atoms with Crippen molar-refractivity contribution in [2.45, 2.75) is 24.6 Å². The number of fused-ring (bicyclic) bond motifs is 2. The first-order valence-corrected chi connectivity index (χ1v) is 5.31. The van der Waals surface area contributed by atoms with Gasteiger partial charge in [-0.3, -0.25) is 4.84 Å². The van der Waals surface area contributed by atoms with Gasteiger partial charge in [0.15, 0.2) is 0 Å². The van der Waals surface area contributed by atoms with Crippen LogP contribution in [0.5, 0.6) is 0 Å². The molecule has 0 unspecified atom stereocenters. The molecule has 0 radical (unpaired) electrons. The number of piperidine rings is 1. The van der Waals surface area contributed by atoms with Crippen molar-refractivity contribution in [3.63, 3.8) is 0 Å². The molecule has 2 N–H and O–H groups in total. The highest BCUT2D eigenvalue weighted by Crippen LogP contribution is 2.30. The number of nitrogens with zero attached hydrogens (tertiary/aromatic N) is 2. The Bertz CT molecular complexity index is 297. The second-order valence-electron chi connectivity index (χ2n) is 4.05.